The number of nitrogens with zero attached hydrogens (tertiary/aromatic N) is 4. The van der Waals surface area contributed by atoms with Crippen LogP contribution in [0.4, 0.5) is 6.01 Å². The lowest BCUT2D eigenvalue weighted by Gasteiger charge is -2.00. The minimum Gasteiger partial charge on any atom is -0.469 e. The van der Waals surface area contributed by atoms with Gasteiger partial charge >= 0.3 is 6.01 Å². The van der Waals surface area contributed by atoms with Crippen LogP contribution in [0, 0.1) is 6.92 Å². The van der Waals surface area contributed by atoms with Crippen LogP contribution in [-0.2, 0) is 6.54 Å². The largest absolute Gasteiger partial charge is 0.469 e. The summed E-state index contributed by atoms with van der Waals surface area (Å²) < 4.78 is 12.7. The maximum absolute atomic E-state index is 5.59. The molecule has 0 aliphatic carbocycles. The summed E-state index contributed by atoms with van der Waals surface area (Å²) in [7, 11) is 0. The zero-order valence-corrected chi connectivity index (χ0v) is 13.0. The molecule has 0 fully saturated rings. The van der Waals surface area contributed by atoms with E-state index in [2.05, 4.69) is 20.6 Å². The number of aryl methyl sites for hydroxylation is 1. The van der Waals surface area contributed by atoms with Crippen molar-refractivity contribution in [1.82, 2.24) is 20.0 Å². The van der Waals surface area contributed by atoms with Crippen LogP contribution in [0.1, 0.15) is 11.5 Å². The van der Waals surface area contributed by atoms with Crippen molar-refractivity contribution in [3.63, 3.8) is 0 Å². The average Bonchev–Trinajstić information content (AvgIpc) is 3.34. The van der Waals surface area contributed by atoms with Crippen molar-refractivity contribution in [3.05, 3.63) is 66.4 Å². The molecule has 7 heteroatoms. The third kappa shape index (κ3) is 2.79. The van der Waals surface area contributed by atoms with Crippen LogP contribution < -0.4 is 5.32 Å². The third-order valence-corrected chi connectivity index (χ3v) is 3.60. The summed E-state index contributed by atoms with van der Waals surface area (Å²) in [6.45, 7) is 2.34. The fraction of sp³-hybridized carbons (Fsp3) is 0.118. The molecule has 0 aliphatic rings. The Morgan fingerprint density at radius 3 is 2.75 bits per heavy atom. The molecule has 0 amide bonds. The zero-order chi connectivity index (χ0) is 16.4. The summed E-state index contributed by atoms with van der Waals surface area (Å²) in [6.07, 6.45) is 3.51. The minimum absolute atomic E-state index is 0.347. The van der Waals surface area contributed by atoms with Gasteiger partial charge in [0.25, 0.3) is 5.89 Å². The van der Waals surface area contributed by atoms with Crippen LogP contribution in [0.3, 0.4) is 0 Å². The highest BCUT2D eigenvalue weighted by molar-refractivity contribution is 5.55. The lowest BCUT2D eigenvalue weighted by molar-refractivity contribution is 0.530. The summed E-state index contributed by atoms with van der Waals surface area (Å²) in [5.74, 6) is 1.17. The molecule has 120 valence electrons. The summed E-state index contributed by atoms with van der Waals surface area (Å²) in [5, 5.41) is 15.6. The highest BCUT2D eigenvalue weighted by Crippen LogP contribution is 2.24. The van der Waals surface area contributed by atoms with Gasteiger partial charge in [0.1, 0.15) is 5.76 Å². The van der Waals surface area contributed by atoms with Gasteiger partial charge in [0.05, 0.1) is 29.8 Å². The lowest BCUT2D eigenvalue weighted by atomic mass is 10.3. The smallest absolute Gasteiger partial charge is 0.316 e. The summed E-state index contributed by atoms with van der Waals surface area (Å²) in [5.41, 5.74) is 2.68. The SMILES string of the molecule is Cc1occc1-c1nnc(NCc2ccn(-c3ccccc3)n2)o1. The Hall–Kier alpha value is -3.35. The van der Waals surface area contributed by atoms with Crippen molar-refractivity contribution in [2.24, 2.45) is 0 Å². The second-order valence-corrected chi connectivity index (χ2v) is 5.24. The molecule has 4 rings (SSSR count). The molecule has 7 nitrogen and oxygen atoms in total. The van der Waals surface area contributed by atoms with Gasteiger partial charge in [0.2, 0.25) is 0 Å². The molecule has 0 saturated heterocycles. The lowest BCUT2D eigenvalue weighted by Crippen LogP contribution is -2.02. The Labute approximate surface area is 137 Å². The van der Waals surface area contributed by atoms with E-state index in [-0.39, 0.29) is 0 Å². The molecule has 0 radical (unpaired) electrons. The van der Waals surface area contributed by atoms with E-state index >= 15 is 0 Å². The molecule has 3 aromatic heterocycles. The van der Waals surface area contributed by atoms with Crippen LogP contribution in [0.2, 0.25) is 0 Å². The van der Waals surface area contributed by atoms with Crippen LogP contribution in [-0.4, -0.2) is 20.0 Å². The van der Waals surface area contributed by atoms with E-state index in [1.807, 2.05) is 54.2 Å². The molecule has 0 atom stereocenters. The van der Waals surface area contributed by atoms with E-state index in [0.717, 1.165) is 22.7 Å². The molecule has 0 spiro atoms. The minimum atomic E-state index is 0.347. The number of nitrogens with one attached hydrogen (secondary N) is 1. The number of furan rings is 1. The van der Waals surface area contributed by atoms with Crippen molar-refractivity contribution in [2.45, 2.75) is 13.5 Å². The first-order valence-electron chi connectivity index (χ1n) is 7.51. The quantitative estimate of drug-likeness (QED) is 0.606. The van der Waals surface area contributed by atoms with E-state index in [0.29, 0.717) is 18.5 Å². The first-order valence-corrected chi connectivity index (χ1v) is 7.51. The molecular formula is C17H15N5O2. The predicted molar refractivity (Wildman–Crippen MR) is 87.6 cm³/mol. The Balaban J connectivity index is 1.44. The molecule has 4 aromatic rings. The van der Waals surface area contributed by atoms with Gasteiger partial charge in [-0.05, 0) is 31.2 Å². The third-order valence-electron chi connectivity index (χ3n) is 3.60. The first kappa shape index (κ1) is 14.3. The number of anilines is 1. The van der Waals surface area contributed by atoms with Gasteiger partial charge in [-0.3, -0.25) is 0 Å². The molecule has 0 bridgehead atoms. The van der Waals surface area contributed by atoms with Gasteiger partial charge in [0, 0.05) is 6.20 Å². The Bertz CT molecular complexity index is 939. The average molecular weight is 321 g/mol. The standard InChI is InChI=1S/C17H15N5O2/c1-12-15(8-10-23-12)16-19-20-17(24-16)18-11-13-7-9-22(21-13)14-5-3-2-4-6-14/h2-10H,11H2,1H3,(H,18,20). The zero-order valence-electron chi connectivity index (χ0n) is 13.0. The van der Waals surface area contributed by atoms with Gasteiger partial charge in [-0.1, -0.05) is 23.3 Å². The molecule has 0 saturated carbocycles. The Morgan fingerprint density at radius 2 is 1.96 bits per heavy atom. The summed E-state index contributed by atoms with van der Waals surface area (Å²) in [6, 6.07) is 14.0. The maximum Gasteiger partial charge on any atom is 0.316 e. The van der Waals surface area contributed by atoms with Gasteiger partial charge in [-0.2, -0.15) is 5.10 Å². The Kier molecular flexibility index (Phi) is 3.59. The van der Waals surface area contributed by atoms with Gasteiger partial charge in [-0.15, -0.1) is 5.10 Å². The number of para-hydroxylation sites is 1. The van der Waals surface area contributed by atoms with E-state index in [1.165, 1.54) is 0 Å². The molecular weight excluding hydrogens is 306 g/mol. The molecule has 0 unspecified atom stereocenters. The van der Waals surface area contributed by atoms with Crippen LogP contribution >= 0.6 is 0 Å². The monoisotopic (exact) mass is 321 g/mol. The predicted octanol–water partition coefficient (Wildman–Crippen LogP) is 3.44. The van der Waals surface area contributed by atoms with Crippen LogP contribution in [0.15, 0.2) is 63.8 Å². The van der Waals surface area contributed by atoms with Crippen LogP contribution in [0.5, 0.6) is 0 Å². The number of aromatic nitrogens is 4. The van der Waals surface area contributed by atoms with Gasteiger partial charge < -0.3 is 14.2 Å². The van der Waals surface area contributed by atoms with Crippen molar-refractivity contribution >= 4 is 6.01 Å². The Morgan fingerprint density at radius 1 is 1.08 bits per heavy atom. The van der Waals surface area contributed by atoms with Crippen molar-refractivity contribution < 1.29 is 8.83 Å². The van der Waals surface area contributed by atoms with Gasteiger partial charge in [-0.25, -0.2) is 4.68 Å². The number of hydrogen-bond acceptors (Lipinski definition) is 6. The van der Waals surface area contributed by atoms with E-state index in [4.69, 9.17) is 8.83 Å². The fourth-order valence-electron chi connectivity index (χ4n) is 2.36. The number of rotatable bonds is 5. The van der Waals surface area contributed by atoms with Crippen molar-refractivity contribution in [3.8, 4) is 17.1 Å². The van der Waals surface area contributed by atoms with Gasteiger partial charge in [0.15, 0.2) is 0 Å². The molecule has 0 aliphatic heterocycles. The molecule has 24 heavy (non-hydrogen) atoms. The van der Waals surface area contributed by atoms with Crippen LogP contribution in [0.25, 0.3) is 17.1 Å². The highest BCUT2D eigenvalue weighted by Gasteiger charge is 2.13. The molecule has 1 aromatic carbocycles. The van der Waals surface area contributed by atoms with E-state index < -0.39 is 0 Å². The van der Waals surface area contributed by atoms with Crippen molar-refractivity contribution in [1.29, 1.82) is 0 Å². The molecule has 1 N–H and O–H groups in total. The fourth-order valence-corrected chi connectivity index (χ4v) is 2.36. The second-order valence-electron chi connectivity index (χ2n) is 5.24. The molecule has 3 heterocycles. The maximum atomic E-state index is 5.59. The number of benzene rings is 1. The van der Waals surface area contributed by atoms with E-state index in [1.54, 1.807) is 12.3 Å². The topological polar surface area (TPSA) is 81.9 Å². The summed E-state index contributed by atoms with van der Waals surface area (Å²) in [4.78, 5) is 0. The second kappa shape index (κ2) is 6.04. The summed E-state index contributed by atoms with van der Waals surface area (Å²) >= 11 is 0. The highest BCUT2D eigenvalue weighted by atomic mass is 16.4. The first-order chi connectivity index (χ1) is 11.8. The van der Waals surface area contributed by atoms with Crippen molar-refractivity contribution in [2.75, 3.05) is 5.32 Å². The number of hydrogen-bond donors (Lipinski definition) is 1. The van der Waals surface area contributed by atoms with E-state index in [9.17, 15) is 0 Å². The normalized spacial score (nSPS) is 10.9.